The molecule has 114 valence electrons. The van der Waals surface area contributed by atoms with Crippen molar-refractivity contribution in [2.24, 2.45) is 0 Å². The van der Waals surface area contributed by atoms with E-state index in [0.717, 1.165) is 5.56 Å². The molecule has 2 aromatic rings. The lowest BCUT2D eigenvalue weighted by Crippen LogP contribution is -2.29. The number of nitrogens with zero attached hydrogens (tertiary/aromatic N) is 2. The maximum atomic E-state index is 12.1. The topological polar surface area (TPSA) is 59.5 Å². The molecule has 0 fully saturated rings. The highest BCUT2D eigenvalue weighted by Gasteiger charge is 2.20. The normalized spacial score (nSPS) is 10.1. The number of anilines is 1. The Morgan fingerprint density at radius 3 is 2.45 bits per heavy atom. The molecule has 0 unspecified atom stereocenters. The van der Waals surface area contributed by atoms with Crippen LogP contribution in [0.5, 0.6) is 0 Å². The minimum absolute atomic E-state index is 0.145. The summed E-state index contributed by atoms with van der Waals surface area (Å²) in [7, 11) is 0. The van der Waals surface area contributed by atoms with Crippen LogP contribution in [0.15, 0.2) is 48.8 Å². The Kier molecular flexibility index (Phi) is 5.25. The van der Waals surface area contributed by atoms with Gasteiger partial charge in [-0.15, -0.1) is 0 Å². The van der Waals surface area contributed by atoms with Crippen LogP contribution in [0.3, 0.4) is 0 Å². The number of carbonyl (C=O) groups excluding carboxylic acids is 2. The van der Waals surface area contributed by atoms with Crippen LogP contribution in [0.25, 0.3) is 0 Å². The average molecular weight is 298 g/mol. The number of carbonyl (C=O) groups is 2. The molecular weight excluding hydrogens is 280 g/mol. The van der Waals surface area contributed by atoms with Gasteiger partial charge < -0.3 is 9.64 Å². The van der Waals surface area contributed by atoms with Crippen molar-refractivity contribution in [3.8, 4) is 0 Å². The molecule has 0 N–H and O–H groups in total. The van der Waals surface area contributed by atoms with Crippen LogP contribution in [0.1, 0.15) is 29.8 Å². The summed E-state index contributed by atoms with van der Waals surface area (Å²) < 4.78 is 5.06. The average Bonchev–Trinajstić information content (AvgIpc) is 2.53. The van der Waals surface area contributed by atoms with Gasteiger partial charge in [0.25, 0.3) is 0 Å². The first-order valence-corrected chi connectivity index (χ1v) is 7.06. The van der Waals surface area contributed by atoms with Gasteiger partial charge in [-0.25, -0.2) is 4.79 Å². The molecule has 1 aromatic heterocycles. The van der Waals surface area contributed by atoms with Crippen LogP contribution in [0.4, 0.5) is 5.69 Å². The minimum atomic E-state index is -0.431. The molecule has 0 atom stereocenters. The van der Waals surface area contributed by atoms with E-state index in [0.29, 0.717) is 17.8 Å². The van der Waals surface area contributed by atoms with Gasteiger partial charge in [-0.3, -0.25) is 9.78 Å². The Bertz CT molecular complexity index is 656. The van der Waals surface area contributed by atoms with E-state index in [-0.39, 0.29) is 12.5 Å². The molecule has 0 spiro atoms. The third-order valence-corrected chi connectivity index (χ3v) is 3.16. The summed E-state index contributed by atoms with van der Waals surface area (Å²) in [5, 5.41) is 0. The highest BCUT2D eigenvalue weighted by Crippen LogP contribution is 2.23. The fourth-order valence-electron chi connectivity index (χ4n) is 2.13. The number of hydrogen-bond donors (Lipinski definition) is 0. The maximum Gasteiger partial charge on any atom is 0.340 e. The number of benzene rings is 1. The minimum Gasteiger partial charge on any atom is -0.462 e. The molecule has 0 aliphatic carbocycles. The van der Waals surface area contributed by atoms with E-state index in [1.54, 1.807) is 48.5 Å². The Balaban J connectivity index is 2.37. The van der Waals surface area contributed by atoms with Gasteiger partial charge in [0.05, 0.1) is 24.4 Å². The predicted octanol–water partition coefficient (Wildman–Crippen LogP) is 2.81. The van der Waals surface area contributed by atoms with E-state index >= 15 is 0 Å². The van der Waals surface area contributed by atoms with Crippen LogP contribution < -0.4 is 4.90 Å². The van der Waals surface area contributed by atoms with Gasteiger partial charge >= 0.3 is 5.97 Å². The summed E-state index contributed by atoms with van der Waals surface area (Å²) in [6.07, 6.45) is 3.34. The smallest absolute Gasteiger partial charge is 0.340 e. The Labute approximate surface area is 129 Å². The molecule has 0 aliphatic rings. The van der Waals surface area contributed by atoms with Gasteiger partial charge in [-0.1, -0.05) is 12.1 Å². The van der Waals surface area contributed by atoms with Crippen molar-refractivity contribution < 1.29 is 14.3 Å². The van der Waals surface area contributed by atoms with Gasteiger partial charge in [-0.05, 0) is 36.8 Å². The number of esters is 1. The zero-order valence-corrected chi connectivity index (χ0v) is 12.7. The van der Waals surface area contributed by atoms with Gasteiger partial charge in [0.2, 0.25) is 5.91 Å². The highest BCUT2D eigenvalue weighted by molar-refractivity contribution is 6.01. The van der Waals surface area contributed by atoms with E-state index in [1.807, 2.05) is 12.1 Å². The Hall–Kier alpha value is -2.69. The van der Waals surface area contributed by atoms with Crippen molar-refractivity contribution in [2.75, 3.05) is 11.5 Å². The van der Waals surface area contributed by atoms with Crippen molar-refractivity contribution in [3.63, 3.8) is 0 Å². The van der Waals surface area contributed by atoms with Crippen LogP contribution >= 0.6 is 0 Å². The Morgan fingerprint density at radius 1 is 1.14 bits per heavy atom. The molecule has 1 heterocycles. The number of rotatable bonds is 5. The van der Waals surface area contributed by atoms with Crippen molar-refractivity contribution in [1.82, 2.24) is 4.98 Å². The van der Waals surface area contributed by atoms with E-state index < -0.39 is 5.97 Å². The lowest BCUT2D eigenvalue weighted by Gasteiger charge is -2.23. The monoisotopic (exact) mass is 298 g/mol. The highest BCUT2D eigenvalue weighted by atomic mass is 16.5. The molecule has 5 heteroatoms. The fraction of sp³-hybridized carbons (Fsp3) is 0.235. The van der Waals surface area contributed by atoms with Crippen molar-refractivity contribution >= 4 is 17.6 Å². The van der Waals surface area contributed by atoms with Gasteiger partial charge in [-0.2, -0.15) is 0 Å². The third kappa shape index (κ3) is 3.69. The summed E-state index contributed by atoms with van der Waals surface area (Å²) in [6, 6.07) is 10.6. The third-order valence-electron chi connectivity index (χ3n) is 3.16. The predicted molar refractivity (Wildman–Crippen MR) is 83.5 cm³/mol. The summed E-state index contributed by atoms with van der Waals surface area (Å²) in [4.78, 5) is 29.6. The first kappa shape index (κ1) is 15.7. The van der Waals surface area contributed by atoms with Crippen LogP contribution in [-0.2, 0) is 16.1 Å². The molecule has 0 radical (unpaired) electrons. The fourth-order valence-corrected chi connectivity index (χ4v) is 2.13. The van der Waals surface area contributed by atoms with Crippen molar-refractivity contribution in [3.05, 3.63) is 59.9 Å². The first-order valence-electron chi connectivity index (χ1n) is 7.06. The zero-order chi connectivity index (χ0) is 15.9. The zero-order valence-electron chi connectivity index (χ0n) is 12.7. The van der Waals surface area contributed by atoms with E-state index in [2.05, 4.69) is 4.98 Å². The molecular formula is C17H18N2O3. The second kappa shape index (κ2) is 7.36. The number of amides is 1. The van der Waals surface area contributed by atoms with Gasteiger partial charge in [0.1, 0.15) is 0 Å². The maximum absolute atomic E-state index is 12.1. The molecule has 0 aliphatic heterocycles. The standard InChI is InChI=1S/C17H18N2O3/c1-3-22-17(21)15-6-4-5-7-16(15)19(13(2)20)12-14-8-10-18-11-9-14/h4-11H,3,12H2,1-2H3. The molecule has 1 amide bonds. The quantitative estimate of drug-likeness (QED) is 0.796. The number of hydrogen-bond acceptors (Lipinski definition) is 4. The molecule has 1 aromatic carbocycles. The summed E-state index contributed by atoms with van der Waals surface area (Å²) in [5.41, 5.74) is 1.86. The van der Waals surface area contributed by atoms with Gasteiger partial charge in [0.15, 0.2) is 0 Å². The number of ether oxygens (including phenoxy) is 1. The van der Waals surface area contributed by atoms with E-state index in [4.69, 9.17) is 4.74 Å². The summed E-state index contributed by atoms with van der Waals surface area (Å²) >= 11 is 0. The van der Waals surface area contributed by atoms with Crippen molar-refractivity contribution in [1.29, 1.82) is 0 Å². The largest absolute Gasteiger partial charge is 0.462 e. The summed E-state index contributed by atoms with van der Waals surface area (Å²) in [6.45, 7) is 3.88. The second-order valence-electron chi connectivity index (χ2n) is 4.70. The van der Waals surface area contributed by atoms with Crippen LogP contribution in [0, 0.1) is 0 Å². The molecule has 2 rings (SSSR count). The van der Waals surface area contributed by atoms with Crippen LogP contribution in [-0.4, -0.2) is 23.5 Å². The molecule has 22 heavy (non-hydrogen) atoms. The molecule has 0 saturated heterocycles. The lowest BCUT2D eigenvalue weighted by atomic mass is 10.1. The molecule has 0 saturated carbocycles. The number of pyridine rings is 1. The number of para-hydroxylation sites is 1. The van der Waals surface area contributed by atoms with E-state index in [9.17, 15) is 9.59 Å². The van der Waals surface area contributed by atoms with E-state index in [1.165, 1.54) is 6.92 Å². The molecule has 0 bridgehead atoms. The first-order chi connectivity index (χ1) is 10.6. The van der Waals surface area contributed by atoms with Crippen molar-refractivity contribution in [2.45, 2.75) is 20.4 Å². The lowest BCUT2D eigenvalue weighted by molar-refractivity contribution is -0.116. The molecule has 5 nitrogen and oxygen atoms in total. The summed E-state index contributed by atoms with van der Waals surface area (Å²) in [5.74, 6) is -0.576. The number of aromatic nitrogens is 1. The SMILES string of the molecule is CCOC(=O)c1ccccc1N(Cc1ccncc1)C(C)=O. The van der Waals surface area contributed by atoms with Gasteiger partial charge in [0, 0.05) is 19.3 Å². The second-order valence-corrected chi connectivity index (χ2v) is 4.70. The van der Waals surface area contributed by atoms with Crippen LogP contribution in [0.2, 0.25) is 0 Å². The Morgan fingerprint density at radius 2 is 1.82 bits per heavy atom.